The normalized spacial score (nSPS) is 11.6. The van der Waals surface area contributed by atoms with Gasteiger partial charge in [0.25, 0.3) is 0 Å². The van der Waals surface area contributed by atoms with E-state index in [1.807, 2.05) is 42.1 Å². The summed E-state index contributed by atoms with van der Waals surface area (Å²) in [6.07, 6.45) is 6.67. The molecule has 1 aromatic rings. The molecule has 0 aliphatic rings. The highest BCUT2D eigenvalue weighted by Crippen LogP contribution is 2.14. The monoisotopic (exact) mass is 290 g/mol. The molecule has 3 nitrogen and oxygen atoms in total. The number of hydrogen-bond donors (Lipinski definition) is 1. The fourth-order valence-corrected chi connectivity index (χ4v) is 2.46. The maximum Gasteiger partial charge on any atom is 0.241 e. The lowest BCUT2D eigenvalue weighted by atomic mass is 10.00. The number of amides is 1. The van der Waals surface area contributed by atoms with Crippen LogP contribution < -0.4 is 5.32 Å². The fraction of sp³-hybridized carbons (Fsp3) is 0.500. The van der Waals surface area contributed by atoms with Gasteiger partial charge in [0.2, 0.25) is 5.91 Å². The Kier molecular flexibility index (Phi) is 8.57. The van der Waals surface area contributed by atoms with Crippen LogP contribution in [0.5, 0.6) is 0 Å². The predicted molar refractivity (Wildman–Crippen MR) is 84.7 cm³/mol. The van der Waals surface area contributed by atoms with Crippen molar-refractivity contribution in [2.24, 2.45) is 0 Å². The third-order valence-electron chi connectivity index (χ3n) is 3.10. The summed E-state index contributed by atoms with van der Waals surface area (Å²) in [5.74, 6) is 0.312. The highest BCUT2D eigenvalue weighted by molar-refractivity contribution is 7.98. The van der Waals surface area contributed by atoms with Crippen LogP contribution >= 0.6 is 11.8 Å². The number of carbonyl (C=O) groups is 1. The molecule has 0 bridgehead atoms. The van der Waals surface area contributed by atoms with Crippen LogP contribution in [0.2, 0.25) is 0 Å². The van der Waals surface area contributed by atoms with E-state index in [0.29, 0.717) is 6.54 Å². The molecule has 0 fully saturated rings. The highest BCUT2D eigenvalue weighted by atomic mass is 32.2. The van der Waals surface area contributed by atoms with Gasteiger partial charge in [0.15, 0.2) is 0 Å². The zero-order valence-corrected chi connectivity index (χ0v) is 12.8. The Morgan fingerprint density at radius 1 is 1.25 bits per heavy atom. The van der Waals surface area contributed by atoms with Crippen molar-refractivity contribution in [3.63, 3.8) is 0 Å². The van der Waals surface area contributed by atoms with Gasteiger partial charge in [0.1, 0.15) is 5.92 Å². The molecule has 4 heteroatoms. The van der Waals surface area contributed by atoms with Gasteiger partial charge in [-0.1, -0.05) is 43.2 Å². The first-order valence-electron chi connectivity index (χ1n) is 7.00. The number of rotatable bonds is 9. The molecule has 0 aromatic heterocycles. The third kappa shape index (κ3) is 6.12. The van der Waals surface area contributed by atoms with Gasteiger partial charge in [-0.25, -0.2) is 0 Å². The van der Waals surface area contributed by atoms with E-state index in [9.17, 15) is 4.79 Å². The summed E-state index contributed by atoms with van der Waals surface area (Å²) < 4.78 is 0. The van der Waals surface area contributed by atoms with E-state index in [1.54, 1.807) is 0 Å². The van der Waals surface area contributed by atoms with Gasteiger partial charge in [0, 0.05) is 6.54 Å². The van der Waals surface area contributed by atoms with Crippen molar-refractivity contribution in [3.8, 4) is 6.07 Å². The number of benzene rings is 1. The van der Waals surface area contributed by atoms with Gasteiger partial charge in [-0.3, -0.25) is 4.79 Å². The average Bonchev–Trinajstić information content (AvgIpc) is 2.48. The molecule has 1 N–H and O–H groups in total. The van der Waals surface area contributed by atoms with Gasteiger partial charge in [-0.15, -0.1) is 0 Å². The number of hydrogen-bond acceptors (Lipinski definition) is 3. The van der Waals surface area contributed by atoms with Crippen LogP contribution in [0, 0.1) is 11.3 Å². The van der Waals surface area contributed by atoms with Crippen molar-refractivity contribution in [3.05, 3.63) is 35.9 Å². The number of nitriles is 1. The van der Waals surface area contributed by atoms with Crippen LogP contribution in [0.25, 0.3) is 0 Å². The van der Waals surface area contributed by atoms with Gasteiger partial charge < -0.3 is 5.32 Å². The Balaban J connectivity index is 2.26. The second kappa shape index (κ2) is 10.3. The molecule has 0 saturated carbocycles. The summed E-state index contributed by atoms with van der Waals surface area (Å²) in [6.45, 7) is 0.656. The van der Waals surface area contributed by atoms with Crippen molar-refractivity contribution >= 4 is 17.7 Å². The van der Waals surface area contributed by atoms with Crippen LogP contribution in [0.15, 0.2) is 30.3 Å². The van der Waals surface area contributed by atoms with Crippen LogP contribution in [0.4, 0.5) is 0 Å². The lowest BCUT2D eigenvalue weighted by Crippen LogP contribution is -2.29. The largest absolute Gasteiger partial charge is 0.355 e. The van der Waals surface area contributed by atoms with E-state index in [1.165, 1.54) is 18.6 Å². The minimum Gasteiger partial charge on any atom is -0.355 e. The smallest absolute Gasteiger partial charge is 0.241 e. The Bertz CT molecular complexity index is 428. The molecule has 1 atom stereocenters. The predicted octanol–water partition coefficient (Wildman–Crippen LogP) is 3.33. The topological polar surface area (TPSA) is 52.9 Å². The Labute approximate surface area is 125 Å². The molecule has 0 aliphatic heterocycles. The summed E-state index contributed by atoms with van der Waals surface area (Å²) in [6, 6.07) is 11.3. The first-order chi connectivity index (χ1) is 9.79. The lowest BCUT2D eigenvalue weighted by Gasteiger charge is -2.10. The summed E-state index contributed by atoms with van der Waals surface area (Å²) in [4.78, 5) is 12.0. The average molecular weight is 290 g/mol. The molecule has 1 amide bonds. The van der Waals surface area contributed by atoms with E-state index < -0.39 is 5.92 Å². The van der Waals surface area contributed by atoms with Crippen LogP contribution in [-0.4, -0.2) is 24.5 Å². The summed E-state index contributed by atoms with van der Waals surface area (Å²) in [7, 11) is 0. The lowest BCUT2D eigenvalue weighted by molar-refractivity contribution is -0.121. The van der Waals surface area contributed by atoms with Crippen molar-refractivity contribution in [1.82, 2.24) is 5.32 Å². The van der Waals surface area contributed by atoms with Gasteiger partial charge >= 0.3 is 0 Å². The van der Waals surface area contributed by atoms with Crippen molar-refractivity contribution in [2.45, 2.75) is 31.6 Å². The molecule has 1 rings (SSSR count). The first kappa shape index (κ1) is 16.6. The fourth-order valence-electron chi connectivity index (χ4n) is 1.97. The summed E-state index contributed by atoms with van der Waals surface area (Å²) in [5, 5.41) is 12.0. The number of thioether (sulfide) groups is 1. The molecule has 108 valence electrons. The molecule has 0 spiro atoms. The van der Waals surface area contributed by atoms with Crippen LogP contribution in [-0.2, 0) is 4.79 Å². The molecule has 0 radical (unpaired) electrons. The highest BCUT2D eigenvalue weighted by Gasteiger charge is 2.18. The molecular weight excluding hydrogens is 268 g/mol. The Hall–Kier alpha value is -1.47. The molecule has 0 aliphatic carbocycles. The molecule has 0 saturated heterocycles. The summed E-state index contributed by atoms with van der Waals surface area (Å²) in [5.41, 5.74) is 0.757. The van der Waals surface area contributed by atoms with Gasteiger partial charge in [0.05, 0.1) is 6.07 Å². The maximum atomic E-state index is 12.0. The number of nitrogens with zero attached hydrogens (tertiary/aromatic N) is 1. The Morgan fingerprint density at radius 2 is 1.95 bits per heavy atom. The molecular formula is C16H22N2OS. The van der Waals surface area contributed by atoms with E-state index in [-0.39, 0.29) is 5.91 Å². The minimum absolute atomic E-state index is 0.192. The second-order valence-corrected chi connectivity index (χ2v) is 5.66. The van der Waals surface area contributed by atoms with E-state index >= 15 is 0 Å². The molecule has 20 heavy (non-hydrogen) atoms. The third-order valence-corrected chi connectivity index (χ3v) is 3.80. The Morgan fingerprint density at radius 3 is 2.60 bits per heavy atom. The molecule has 1 aromatic carbocycles. The van der Waals surface area contributed by atoms with E-state index in [4.69, 9.17) is 5.26 Å². The first-order valence-corrected chi connectivity index (χ1v) is 8.40. The standard InChI is InChI=1S/C16H22N2OS/c1-20-12-8-3-2-7-11-18-16(19)15(13-17)14-9-5-4-6-10-14/h4-6,9-10,15H,2-3,7-8,11-12H2,1H3,(H,18,19). The van der Waals surface area contributed by atoms with Gasteiger partial charge in [-0.05, 0) is 30.4 Å². The number of carbonyl (C=O) groups excluding carboxylic acids is 1. The zero-order chi connectivity index (χ0) is 14.6. The quantitative estimate of drug-likeness (QED) is 0.710. The van der Waals surface area contributed by atoms with Crippen molar-refractivity contribution in [2.75, 3.05) is 18.6 Å². The van der Waals surface area contributed by atoms with E-state index in [2.05, 4.69) is 17.6 Å². The summed E-state index contributed by atoms with van der Waals surface area (Å²) >= 11 is 1.87. The van der Waals surface area contributed by atoms with Crippen molar-refractivity contribution < 1.29 is 4.79 Å². The van der Waals surface area contributed by atoms with Crippen molar-refractivity contribution in [1.29, 1.82) is 5.26 Å². The molecule has 0 heterocycles. The second-order valence-electron chi connectivity index (χ2n) is 4.67. The zero-order valence-electron chi connectivity index (χ0n) is 12.0. The number of unbranched alkanes of at least 4 members (excludes halogenated alkanes) is 3. The van der Waals surface area contributed by atoms with E-state index in [0.717, 1.165) is 18.4 Å². The van der Waals surface area contributed by atoms with Gasteiger partial charge in [-0.2, -0.15) is 17.0 Å². The minimum atomic E-state index is -0.701. The molecule has 1 unspecified atom stereocenters. The van der Waals surface area contributed by atoms with Crippen LogP contribution in [0.3, 0.4) is 0 Å². The number of nitrogens with one attached hydrogen (secondary N) is 1. The van der Waals surface area contributed by atoms with Crippen LogP contribution in [0.1, 0.15) is 37.2 Å². The maximum absolute atomic E-state index is 12.0. The SMILES string of the molecule is CSCCCCCCNC(=O)C(C#N)c1ccccc1.